The lowest BCUT2D eigenvalue weighted by Crippen LogP contribution is -2.38. The minimum atomic E-state index is -0.557. The molecule has 0 saturated heterocycles. The molecule has 1 aliphatic rings. The van der Waals surface area contributed by atoms with Crippen LogP contribution in [0.25, 0.3) is 0 Å². The fraction of sp³-hybridized carbons (Fsp3) is 0.500. The van der Waals surface area contributed by atoms with Gasteiger partial charge in [-0.05, 0) is 30.9 Å². The number of carbonyl (C=O) groups is 1. The van der Waals surface area contributed by atoms with Gasteiger partial charge in [0.2, 0.25) is 0 Å². The van der Waals surface area contributed by atoms with E-state index in [1.54, 1.807) is 0 Å². The number of nitro benzene ring substituents is 1. The first-order valence-electron chi connectivity index (χ1n) is 7.07. The highest BCUT2D eigenvalue weighted by molar-refractivity contribution is 5.99. The summed E-state index contributed by atoms with van der Waals surface area (Å²) in [7, 11) is 0. The minimum absolute atomic E-state index is 0.0358. The van der Waals surface area contributed by atoms with Gasteiger partial charge in [0.1, 0.15) is 5.56 Å². The van der Waals surface area contributed by atoms with Crippen LogP contribution < -0.4 is 16.6 Å². The monoisotopic (exact) mass is 292 g/mol. The van der Waals surface area contributed by atoms with E-state index in [1.165, 1.54) is 24.6 Å². The van der Waals surface area contributed by atoms with Gasteiger partial charge in [-0.2, -0.15) is 0 Å². The number of nitrogen functional groups attached to an aromatic ring is 1. The summed E-state index contributed by atoms with van der Waals surface area (Å²) in [6.07, 6.45) is 4.06. The molecule has 1 aliphatic carbocycles. The number of hydrazine groups is 1. The summed E-state index contributed by atoms with van der Waals surface area (Å²) in [6.45, 7) is 2.15. The van der Waals surface area contributed by atoms with E-state index in [2.05, 4.69) is 17.7 Å². The predicted octanol–water partition coefficient (Wildman–Crippen LogP) is 2.19. The molecule has 2 rings (SSSR count). The number of anilines is 1. The lowest BCUT2D eigenvalue weighted by Gasteiger charge is -2.27. The third-order valence-corrected chi connectivity index (χ3v) is 3.88. The van der Waals surface area contributed by atoms with E-state index >= 15 is 0 Å². The van der Waals surface area contributed by atoms with E-state index in [0.29, 0.717) is 11.6 Å². The first-order valence-corrected chi connectivity index (χ1v) is 7.07. The summed E-state index contributed by atoms with van der Waals surface area (Å²) >= 11 is 0. The highest BCUT2D eigenvalue weighted by Gasteiger charge is 2.25. The van der Waals surface area contributed by atoms with Crippen LogP contribution in [0, 0.1) is 16.0 Å². The Balaban J connectivity index is 2.19. The molecule has 1 fully saturated rings. The maximum absolute atomic E-state index is 12.3. The van der Waals surface area contributed by atoms with Crippen LogP contribution in [0.4, 0.5) is 11.4 Å². The van der Waals surface area contributed by atoms with Crippen LogP contribution in [-0.4, -0.2) is 16.9 Å². The molecule has 0 heterocycles. The number of nitrogens with one attached hydrogen (secondary N) is 2. The second-order valence-corrected chi connectivity index (χ2v) is 5.58. The molecule has 0 aromatic heterocycles. The zero-order valence-electron chi connectivity index (χ0n) is 12.0. The van der Waals surface area contributed by atoms with Crippen LogP contribution in [0.3, 0.4) is 0 Å². The second-order valence-electron chi connectivity index (χ2n) is 5.58. The van der Waals surface area contributed by atoms with Gasteiger partial charge in [0, 0.05) is 17.8 Å². The van der Waals surface area contributed by atoms with Crippen molar-refractivity contribution in [2.75, 3.05) is 5.43 Å². The van der Waals surface area contributed by atoms with Crippen molar-refractivity contribution >= 4 is 17.3 Å². The molecular weight excluding hydrogens is 272 g/mol. The number of carbonyl (C=O) groups excluding carboxylic acids is 1. The SMILES string of the molecule is CC1CCCC(NC(=O)c2cc(NN)ccc2[N+](=O)[O-])C1. The van der Waals surface area contributed by atoms with E-state index in [0.717, 1.165) is 19.3 Å². The Morgan fingerprint density at radius 2 is 2.19 bits per heavy atom. The van der Waals surface area contributed by atoms with Crippen molar-refractivity contribution in [1.82, 2.24) is 5.32 Å². The number of nitrogens with two attached hydrogens (primary N) is 1. The minimum Gasteiger partial charge on any atom is -0.349 e. The molecule has 114 valence electrons. The Bertz CT molecular complexity index is 547. The maximum atomic E-state index is 12.3. The third-order valence-electron chi connectivity index (χ3n) is 3.88. The van der Waals surface area contributed by atoms with Crippen molar-refractivity contribution in [3.8, 4) is 0 Å². The lowest BCUT2D eigenvalue weighted by atomic mass is 9.87. The number of benzene rings is 1. The zero-order valence-corrected chi connectivity index (χ0v) is 12.0. The quantitative estimate of drug-likeness (QED) is 0.447. The van der Waals surface area contributed by atoms with Crippen molar-refractivity contribution in [3.63, 3.8) is 0 Å². The molecular formula is C14H20N4O3. The van der Waals surface area contributed by atoms with Gasteiger partial charge in [0.15, 0.2) is 0 Å². The van der Waals surface area contributed by atoms with Crippen LogP contribution in [0.1, 0.15) is 43.0 Å². The molecule has 21 heavy (non-hydrogen) atoms. The molecule has 4 N–H and O–H groups in total. The molecule has 2 atom stereocenters. The average Bonchev–Trinajstić information content (AvgIpc) is 2.46. The molecule has 0 aliphatic heterocycles. The number of hydrogen-bond acceptors (Lipinski definition) is 5. The largest absolute Gasteiger partial charge is 0.349 e. The van der Waals surface area contributed by atoms with Crippen LogP contribution in [0.2, 0.25) is 0 Å². The first-order chi connectivity index (χ1) is 10.0. The average molecular weight is 292 g/mol. The van der Waals surface area contributed by atoms with Gasteiger partial charge in [0.25, 0.3) is 11.6 Å². The lowest BCUT2D eigenvalue weighted by molar-refractivity contribution is -0.385. The predicted molar refractivity (Wildman–Crippen MR) is 79.8 cm³/mol. The van der Waals surface area contributed by atoms with Crippen molar-refractivity contribution in [2.45, 2.75) is 38.6 Å². The van der Waals surface area contributed by atoms with E-state index in [-0.39, 0.29) is 17.3 Å². The van der Waals surface area contributed by atoms with Gasteiger partial charge in [0.05, 0.1) is 4.92 Å². The van der Waals surface area contributed by atoms with Crippen LogP contribution in [0.5, 0.6) is 0 Å². The highest BCUT2D eigenvalue weighted by atomic mass is 16.6. The first kappa shape index (κ1) is 15.2. The molecule has 0 radical (unpaired) electrons. The van der Waals surface area contributed by atoms with Gasteiger partial charge >= 0.3 is 0 Å². The number of amides is 1. The van der Waals surface area contributed by atoms with Gasteiger partial charge in [-0.25, -0.2) is 0 Å². The van der Waals surface area contributed by atoms with E-state index in [4.69, 9.17) is 5.84 Å². The fourth-order valence-corrected chi connectivity index (χ4v) is 2.80. The van der Waals surface area contributed by atoms with Crippen molar-refractivity contribution in [2.24, 2.45) is 11.8 Å². The van der Waals surface area contributed by atoms with Crippen LogP contribution >= 0.6 is 0 Å². The molecule has 1 amide bonds. The maximum Gasteiger partial charge on any atom is 0.282 e. The smallest absolute Gasteiger partial charge is 0.282 e. The van der Waals surface area contributed by atoms with Crippen molar-refractivity contribution in [3.05, 3.63) is 33.9 Å². The van der Waals surface area contributed by atoms with Crippen molar-refractivity contribution in [1.29, 1.82) is 0 Å². The number of nitrogens with zero attached hydrogens (tertiary/aromatic N) is 1. The summed E-state index contributed by atoms with van der Waals surface area (Å²) in [4.78, 5) is 22.8. The summed E-state index contributed by atoms with van der Waals surface area (Å²) in [5.74, 6) is 5.44. The molecule has 1 aromatic rings. The molecule has 2 unspecified atom stereocenters. The van der Waals surface area contributed by atoms with E-state index in [9.17, 15) is 14.9 Å². The number of nitro groups is 1. The molecule has 0 spiro atoms. The van der Waals surface area contributed by atoms with Crippen LogP contribution in [0.15, 0.2) is 18.2 Å². The zero-order chi connectivity index (χ0) is 15.4. The third kappa shape index (κ3) is 3.69. The Kier molecular flexibility index (Phi) is 4.74. The molecule has 1 saturated carbocycles. The Morgan fingerprint density at radius 1 is 1.43 bits per heavy atom. The summed E-state index contributed by atoms with van der Waals surface area (Å²) < 4.78 is 0. The standard InChI is InChI=1S/C14H20N4O3/c1-9-3-2-4-10(7-9)16-14(19)12-8-11(17-15)5-6-13(12)18(20)21/h5-6,8-10,17H,2-4,7,15H2,1H3,(H,16,19). The molecule has 0 bridgehead atoms. The van der Waals surface area contributed by atoms with Gasteiger partial charge < -0.3 is 10.7 Å². The highest BCUT2D eigenvalue weighted by Crippen LogP contribution is 2.26. The second kappa shape index (κ2) is 6.53. The summed E-state index contributed by atoms with van der Waals surface area (Å²) in [6, 6.07) is 4.24. The van der Waals surface area contributed by atoms with Gasteiger partial charge in [-0.1, -0.05) is 19.8 Å². The fourth-order valence-electron chi connectivity index (χ4n) is 2.80. The molecule has 1 aromatic carbocycles. The van der Waals surface area contributed by atoms with Gasteiger partial charge in [-0.3, -0.25) is 20.8 Å². The number of hydrogen-bond donors (Lipinski definition) is 3. The normalized spacial score (nSPS) is 21.6. The Morgan fingerprint density at radius 3 is 2.81 bits per heavy atom. The van der Waals surface area contributed by atoms with E-state index in [1.807, 2.05) is 0 Å². The van der Waals surface area contributed by atoms with Crippen molar-refractivity contribution < 1.29 is 9.72 Å². The molecule has 7 nitrogen and oxygen atoms in total. The molecule has 7 heteroatoms. The number of rotatable bonds is 4. The topological polar surface area (TPSA) is 110 Å². The van der Waals surface area contributed by atoms with Gasteiger partial charge in [-0.15, -0.1) is 0 Å². The van der Waals surface area contributed by atoms with Crippen LogP contribution in [-0.2, 0) is 0 Å². The summed E-state index contributed by atoms with van der Waals surface area (Å²) in [5.41, 5.74) is 2.68. The van der Waals surface area contributed by atoms with E-state index < -0.39 is 10.8 Å². The Labute approximate surface area is 123 Å². The Hall–Kier alpha value is -2.15. The summed E-state index contributed by atoms with van der Waals surface area (Å²) in [5, 5.41) is 13.9.